The Morgan fingerprint density at radius 3 is 2.69 bits per heavy atom. The van der Waals surface area contributed by atoms with Crippen molar-refractivity contribution in [1.82, 2.24) is 0 Å². The van der Waals surface area contributed by atoms with E-state index in [1.165, 1.54) is 19.3 Å². The fraction of sp³-hybridized carbons (Fsp3) is 0.296. The van der Waals surface area contributed by atoms with E-state index >= 15 is 0 Å². The zero-order chi connectivity index (χ0) is 23.3. The van der Waals surface area contributed by atoms with E-state index in [0.29, 0.717) is 12.2 Å². The van der Waals surface area contributed by atoms with Gasteiger partial charge in [0, 0.05) is 18.7 Å². The average Bonchev–Trinajstić information content (AvgIpc) is 2.74. The number of phenols is 1. The van der Waals surface area contributed by atoms with Gasteiger partial charge >= 0.3 is 0 Å². The van der Waals surface area contributed by atoms with E-state index in [0.717, 1.165) is 28.0 Å². The van der Waals surface area contributed by atoms with Gasteiger partial charge < -0.3 is 19.3 Å². The van der Waals surface area contributed by atoms with Crippen molar-refractivity contribution < 1.29 is 24.1 Å². The number of fused-ring (bicyclic) bond motifs is 1. The summed E-state index contributed by atoms with van der Waals surface area (Å²) in [4.78, 5) is 12.9. The highest BCUT2D eigenvalue weighted by atomic mass is 16.7. The summed E-state index contributed by atoms with van der Waals surface area (Å²) < 4.78 is 16.5. The maximum atomic E-state index is 12.9. The lowest BCUT2D eigenvalue weighted by Gasteiger charge is -2.27. The number of phenolic OH excluding ortho intramolecular Hbond substituents is 1. The maximum Gasteiger partial charge on any atom is 0.189 e. The second-order valence-electron chi connectivity index (χ2n) is 8.55. The van der Waals surface area contributed by atoms with Crippen LogP contribution in [0.4, 0.5) is 0 Å². The van der Waals surface area contributed by atoms with Crippen molar-refractivity contribution in [3.05, 3.63) is 76.4 Å². The van der Waals surface area contributed by atoms with Crippen LogP contribution in [0.2, 0.25) is 0 Å². The molecule has 1 aliphatic heterocycles. The van der Waals surface area contributed by atoms with Crippen LogP contribution in [0, 0.1) is 0 Å². The lowest BCUT2D eigenvalue weighted by molar-refractivity contribution is 0.0503. The zero-order valence-corrected chi connectivity index (χ0v) is 19.3. The van der Waals surface area contributed by atoms with Crippen molar-refractivity contribution in [3.8, 4) is 17.2 Å². The zero-order valence-electron chi connectivity index (χ0n) is 19.3. The molecule has 0 amide bonds. The number of allylic oxidation sites excluding steroid dienone is 3. The second kappa shape index (κ2) is 9.88. The third-order valence-electron chi connectivity index (χ3n) is 5.01. The Hall–Kier alpha value is -3.31. The molecule has 32 heavy (non-hydrogen) atoms. The number of aromatic hydroxyl groups is 1. The highest BCUT2D eigenvalue weighted by molar-refractivity contribution is 6.08. The van der Waals surface area contributed by atoms with Gasteiger partial charge in [0.05, 0.1) is 5.56 Å². The van der Waals surface area contributed by atoms with Crippen molar-refractivity contribution in [3.63, 3.8) is 0 Å². The molecule has 1 aliphatic rings. The Morgan fingerprint density at radius 2 is 1.97 bits per heavy atom. The van der Waals surface area contributed by atoms with Gasteiger partial charge in [0.1, 0.15) is 22.8 Å². The van der Waals surface area contributed by atoms with E-state index in [-0.39, 0.29) is 29.5 Å². The largest absolute Gasteiger partial charge is 0.507 e. The van der Waals surface area contributed by atoms with Crippen LogP contribution in [-0.4, -0.2) is 30.4 Å². The predicted octanol–water partition coefficient (Wildman–Crippen LogP) is 5.96. The summed E-state index contributed by atoms with van der Waals surface area (Å²) in [6.07, 6.45) is 9.86. The molecule has 0 spiro atoms. The van der Waals surface area contributed by atoms with Crippen LogP contribution in [0.3, 0.4) is 0 Å². The average molecular weight is 435 g/mol. The van der Waals surface area contributed by atoms with Gasteiger partial charge in [-0.15, -0.1) is 0 Å². The second-order valence-corrected chi connectivity index (χ2v) is 8.55. The van der Waals surface area contributed by atoms with Crippen LogP contribution < -0.4 is 9.47 Å². The van der Waals surface area contributed by atoms with Crippen molar-refractivity contribution >= 4 is 17.9 Å². The van der Waals surface area contributed by atoms with Crippen LogP contribution in [0.5, 0.6) is 17.2 Å². The molecule has 0 radical (unpaired) electrons. The summed E-state index contributed by atoms with van der Waals surface area (Å²) in [5.74, 6) is 0.890. The monoisotopic (exact) mass is 434 g/mol. The Labute approximate surface area is 189 Å². The van der Waals surface area contributed by atoms with Gasteiger partial charge in [-0.3, -0.25) is 4.79 Å². The van der Waals surface area contributed by atoms with Crippen molar-refractivity contribution in [1.29, 1.82) is 0 Å². The van der Waals surface area contributed by atoms with Gasteiger partial charge in [0.2, 0.25) is 0 Å². The van der Waals surface area contributed by atoms with Crippen LogP contribution in [0.15, 0.2) is 54.1 Å². The minimum Gasteiger partial charge on any atom is -0.507 e. The van der Waals surface area contributed by atoms with E-state index in [2.05, 4.69) is 0 Å². The summed E-state index contributed by atoms with van der Waals surface area (Å²) in [6, 6.07) is 8.92. The molecule has 0 saturated carbocycles. The first-order valence-electron chi connectivity index (χ1n) is 10.5. The molecule has 0 unspecified atom stereocenters. The van der Waals surface area contributed by atoms with E-state index in [4.69, 9.17) is 14.2 Å². The standard InChI is InChI=1S/C27H30O5/c1-18(2)6-9-20-15-22(24(29)16-26(20)31-17-30-5)23(28)10-7-19-8-11-25-21(14-19)12-13-27(3,4)32-25/h6-8,10-16,29H,9,17H2,1-5H3/b10-7+. The van der Waals surface area contributed by atoms with E-state index < -0.39 is 0 Å². The molecule has 168 valence electrons. The number of hydrogen-bond donors (Lipinski definition) is 1. The normalized spacial score (nSPS) is 14.0. The molecule has 2 aromatic carbocycles. The number of rotatable bonds is 8. The summed E-state index contributed by atoms with van der Waals surface area (Å²) in [7, 11) is 1.53. The molecule has 3 rings (SSSR count). The number of ketones is 1. The summed E-state index contributed by atoms with van der Waals surface area (Å²) in [5, 5.41) is 10.5. The van der Waals surface area contributed by atoms with Crippen LogP contribution in [-0.2, 0) is 11.2 Å². The molecule has 1 heterocycles. The first-order chi connectivity index (χ1) is 15.2. The molecule has 0 aliphatic carbocycles. The third kappa shape index (κ3) is 5.89. The molecule has 2 aromatic rings. The minimum absolute atomic E-state index is 0.0577. The Kier molecular flexibility index (Phi) is 7.21. The Morgan fingerprint density at radius 1 is 1.19 bits per heavy atom. The van der Waals surface area contributed by atoms with Crippen molar-refractivity contribution in [2.45, 2.75) is 39.7 Å². The molecular formula is C27H30O5. The molecule has 0 atom stereocenters. The van der Waals surface area contributed by atoms with Gasteiger partial charge in [-0.1, -0.05) is 29.9 Å². The van der Waals surface area contributed by atoms with Gasteiger partial charge in [-0.2, -0.15) is 0 Å². The first kappa shape index (κ1) is 23.4. The molecule has 1 N–H and O–H groups in total. The van der Waals surface area contributed by atoms with E-state index in [9.17, 15) is 9.90 Å². The highest BCUT2D eigenvalue weighted by Crippen LogP contribution is 2.32. The number of methoxy groups -OCH3 is 1. The summed E-state index contributed by atoms with van der Waals surface area (Å²) in [5.41, 5.74) is 3.68. The lowest BCUT2D eigenvalue weighted by atomic mass is 9.99. The van der Waals surface area contributed by atoms with Crippen LogP contribution >= 0.6 is 0 Å². The van der Waals surface area contributed by atoms with E-state index in [1.807, 2.05) is 64.1 Å². The number of hydrogen-bond acceptors (Lipinski definition) is 5. The predicted molar refractivity (Wildman–Crippen MR) is 127 cm³/mol. The quantitative estimate of drug-likeness (QED) is 0.240. The minimum atomic E-state index is -0.333. The van der Waals surface area contributed by atoms with Crippen LogP contribution in [0.25, 0.3) is 12.2 Å². The third-order valence-corrected chi connectivity index (χ3v) is 5.01. The number of carbonyl (C=O) groups excluding carboxylic acids is 1. The van der Waals surface area contributed by atoms with Gasteiger partial charge in [-0.05, 0) is 75.6 Å². The van der Waals surface area contributed by atoms with Crippen molar-refractivity contribution in [2.24, 2.45) is 0 Å². The van der Waals surface area contributed by atoms with Gasteiger partial charge in [0.25, 0.3) is 0 Å². The van der Waals surface area contributed by atoms with Crippen LogP contribution in [0.1, 0.15) is 54.7 Å². The molecule has 0 fully saturated rings. The smallest absolute Gasteiger partial charge is 0.189 e. The summed E-state index contributed by atoms with van der Waals surface area (Å²) >= 11 is 0. The fourth-order valence-corrected chi connectivity index (χ4v) is 3.31. The Bertz CT molecular complexity index is 1090. The van der Waals surface area contributed by atoms with Crippen molar-refractivity contribution in [2.75, 3.05) is 13.9 Å². The SMILES string of the molecule is COCOc1cc(O)c(C(=O)/C=C/c2ccc3c(c2)C=CC(C)(C)O3)cc1CC=C(C)C. The number of carbonyl (C=O) groups is 1. The molecular weight excluding hydrogens is 404 g/mol. The van der Waals surface area contributed by atoms with Gasteiger partial charge in [-0.25, -0.2) is 0 Å². The van der Waals surface area contributed by atoms with Gasteiger partial charge in [0.15, 0.2) is 12.6 Å². The molecule has 5 heteroatoms. The van der Waals surface area contributed by atoms with E-state index in [1.54, 1.807) is 12.1 Å². The highest BCUT2D eigenvalue weighted by Gasteiger charge is 2.21. The number of benzene rings is 2. The lowest BCUT2D eigenvalue weighted by Crippen LogP contribution is -2.27. The first-order valence-corrected chi connectivity index (χ1v) is 10.5. The topological polar surface area (TPSA) is 65.0 Å². The molecule has 0 saturated heterocycles. The number of ether oxygens (including phenoxy) is 3. The maximum absolute atomic E-state index is 12.9. The molecule has 0 bridgehead atoms. The fourth-order valence-electron chi connectivity index (χ4n) is 3.31. The molecule has 5 nitrogen and oxygen atoms in total. The summed E-state index contributed by atoms with van der Waals surface area (Å²) in [6.45, 7) is 8.07. The molecule has 0 aromatic heterocycles. The Balaban J connectivity index is 1.84.